The molecule has 1 N–H and O–H groups in total. The quantitative estimate of drug-likeness (QED) is 0.835. The Morgan fingerprint density at radius 1 is 0.842 bits per heavy atom. The van der Waals surface area contributed by atoms with Gasteiger partial charge in [-0.05, 0) is 41.5 Å². The Bertz CT molecular complexity index is 556. The zero-order chi connectivity index (χ0) is 13.8. The first-order valence-corrected chi connectivity index (χ1v) is 7.14. The largest absolute Gasteiger partial charge is 0.507 e. The van der Waals surface area contributed by atoms with Crippen molar-refractivity contribution >= 4 is 0 Å². The molecule has 1 heteroatoms. The summed E-state index contributed by atoms with van der Waals surface area (Å²) in [4.78, 5) is 0. The summed E-state index contributed by atoms with van der Waals surface area (Å²) in [6, 6.07) is 12.6. The van der Waals surface area contributed by atoms with Crippen LogP contribution in [0.3, 0.4) is 0 Å². The first-order chi connectivity index (χ1) is 9.22. The van der Waals surface area contributed by atoms with Crippen molar-refractivity contribution in [1.82, 2.24) is 0 Å². The van der Waals surface area contributed by atoms with Crippen LogP contribution in [0.1, 0.15) is 37.5 Å². The van der Waals surface area contributed by atoms with Gasteiger partial charge in [-0.3, -0.25) is 0 Å². The molecule has 0 aliphatic carbocycles. The maximum atomic E-state index is 10.5. The SMILES string of the molecule is CCc1cc(-c2ccccc2)c(CC)c(O)c1CC. The van der Waals surface area contributed by atoms with E-state index in [0.717, 1.165) is 30.4 Å². The van der Waals surface area contributed by atoms with Crippen molar-refractivity contribution in [2.75, 3.05) is 0 Å². The molecule has 0 spiro atoms. The van der Waals surface area contributed by atoms with E-state index in [-0.39, 0.29) is 0 Å². The number of hydrogen-bond acceptors (Lipinski definition) is 1. The van der Waals surface area contributed by atoms with Crippen molar-refractivity contribution in [3.05, 3.63) is 53.1 Å². The summed E-state index contributed by atoms with van der Waals surface area (Å²) in [6.45, 7) is 6.36. The van der Waals surface area contributed by atoms with Crippen molar-refractivity contribution in [3.63, 3.8) is 0 Å². The molecule has 0 bridgehead atoms. The van der Waals surface area contributed by atoms with Gasteiger partial charge in [0.05, 0.1) is 0 Å². The molecule has 19 heavy (non-hydrogen) atoms. The number of benzene rings is 2. The lowest BCUT2D eigenvalue weighted by Gasteiger charge is -2.17. The maximum absolute atomic E-state index is 10.5. The van der Waals surface area contributed by atoms with Crippen LogP contribution in [-0.2, 0) is 19.3 Å². The van der Waals surface area contributed by atoms with Gasteiger partial charge in [0.2, 0.25) is 0 Å². The van der Waals surface area contributed by atoms with Crippen molar-refractivity contribution in [2.45, 2.75) is 40.0 Å². The van der Waals surface area contributed by atoms with Gasteiger partial charge in [-0.25, -0.2) is 0 Å². The van der Waals surface area contributed by atoms with Crippen LogP contribution in [-0.4, -0.2) is 5.11 Å². The molecule has 0 saturated heterocycles. The standard InChI is InChI=1S/C18H22O/c1-4-13-12-17(14-10-8-7-9-11-14)16(6-3)18(19)15(13)5-2/h7-12,19H,4-6H2,1-3H3. The monoisotopic (exact) mass is 254 g/mol. The molecule has 0 unspecified atom stereocenters. The van der Waals surface area contributed by atoms with Crippen LogP contribution in [0.15, 0.2) is 36.4 Å². The fraction of sp³-hybridized carbons (Fsp3) is 0.333. The van der Waals surface area contributed by atoms with Crippen LogP contribution in [0, 0.1) is 0 Å². The minimum atomic E-state index is 0.503. The van der Waals surface area contributed by atoms with Crippen LogP contribution < -0.4 is 0 Å². The second-order valence-corrected chi connectivity index (χ2v) is 4.82. The van der Waals surface area contributed by atoms with Gasteiger partial charge < -0.3 is 5.11 Å². The molecule has 1 nitrogen and oxygen atoms in total. The highest BCUT2D eigenvalue weighted by Crippen LogP contribution is 2.36. The molecule has 0 saturated carbocycles. The van der Waals surface area contributed by atoms with E-state index in [1.54, 1.807) is 0 Å². The predicted octanol–water partition coefficient (Wildman–Crippen LogP) is 4.75. The molecule has 0 radical (unpaired) electrons. The second-order valence-electron chi connectivity index (χ2n) is 4.82. The number of aryl methyl sites for hydroxylation is 1. The molecule has 0 atom stereocenters. The normalized spacial score (nSPS) is 10.7. The molecule has 2 aromatic rings. The van der Waals surface area contributed by atoms with Gasteiger partial charge in [0.15, 0.2) is 0 Å². The van der Waals surface area contributed by atoms with Crippen molar-refractivity contribution in [1.29, 1.82) is 0 Å². The predicted molar refractivity (Wildman–Crippen MR) is 81.7 cm³/mol. The van der Waals surface area contributed by atoms with Crippen molar-refractivity contribution in [2.24, 2.45) is 0 Å². The Hall–Kier alpha value is -1.76. The Kier molecular flexibility index (Phi) is 4.26. The Morgan fingerprint density at radius 2 is 1.47 bits per heavy atom. The topological polar surface area (TPSA) is 20.2 Å². The molecule has 2 rings (SSSR count). The lowest BCUT2D eigenvalue weighted by molar-refractivity contribution is 0.461. The Balaban J connectivity index is 2.70. The molecular formula is C18H22O. The molecule has 0 amide bonds. The second kappa shape index (κ2) is 5.92. The van der Waals surface area contributed by atoms with Crippen LogP contribution in [0.5, 0.6) is 5.75 Å². The zero-order valence-corrected chi connectivity index (χ0v) is 12.0. The fourth-order valence-corrected chi connectivity index (χ4v) is 2.75. The molecule has 0 fully saturated rings. The van der Waals surface area contributed by atoms with Crippen LogP contribution >= 0.6 is 0 Å². The highest BCUT2D eigenvalue weighted by atomic mass is 16.3. The van der Waals surface area contributed by atoms with Gasteiger partial charge in [-0.2, -0.15) is 0 Å². The highest BCUT2D eigenvalue weighted by molar-refractivity contribution is 5.72. The molecule has 0 heterocycles. The molecule has 0 aromatic heterocycles. The Labute approximate surface area is 115 Å². The van der Waals surface area contributed by atoms with Gasteiger partial charge in [0.1, 0.15) is 5.75 Å². The lowest BCUT2D eigenvalue weighted by Crippen LogP contribution is -1.99. The maximum Gasteiger partial charge on any atom is 0.122 e. The van der Waals surface area contributed by atoms with Gasteiger partial charge in [-0.15, -0.1) is 0 Å². The van der Waals surface area contributed by atoms with Crippen molar-refractivity contribution < 1.29 is 5.11 Å². The summed E-state index contributed by atoms with van der Waals surface area (Å²) in [6.07, 6.45) is 2.70. The first kappa shape index (κ1) is 13.7. The number of phenolic OH excluding ortho intramolecular Hbond substituents is 1. The minimum absolute atomic E-state index is 0.503. The summed E-state index contributed by atoms with van der Waals surface area (Å²) < 4.78 is 0. The van der Waals surface area contributed by atoms with E-state index in [4.69, 9.17) is 0 Å². The minimum Gasteiger partial charge on any atom is -0.507 e. The summed E-state index contributed by atoms with van der Waals surface area (Å²) in [7, 11) is 0. The third-order valence-electron chi connectivity index (χ3n) is 3.78. The van der Waals surface area contributed by atoms with Gasteiger partial charge in [0.25, 0.3) is 0 Å². The number of rotatable bonds is 4. The third kappa shape index (κ3) is 2.51. The molecule has 0 aliphatic heterocycles. The fourth-order valence-electron chi connectivity index (χ4n) is 2.75. The number of hydrogen-bond donors (Lipinski definition) is 1. The molecule has 0 aliphatic rings. The van der Waals surface area contributed by atoms with Gasteiger partial charge in [0, 0.05) is 5.56 Å². The summed E-state index contributed by atoms with van der Waals surface area (Å²) in [5.74, 6) is 0.503. The van der Waals surface area contributed by atoms with E-state index in [1.165, 1.54) is 16.7 Å². The molecular weight excluding hydrogens is 232 g/mol. The van der Waals surface area contributed by atoms with E-state index < -0.39 is 0 Å². The smallest absolute Gasteiger partial charge is 0.122 e. The average Bonchev–Trinajstić information content (AvgIpc) is 2.47. The molecule has 2 aromatic carbocycles. The molecule has 100 valence electrons. The van der Waals surface area contributed by atoms with Crippen LogP contribution in [0.4, 0.5) is 0 Å². The van der Waals surface area contributed by atoms with E-state index >= 15 is 0 Å². The lowest BCUT2D eigenvalue weighted by atomic mass is 9.89. The summed E-state index contributed by atoms with van der Waals surface area (Å²) in [5, 5.41) is 10.5. The van der Waals surface area contributed by atoms with E-state index in [2.05, 4.69) is 39.0 Å². The third-order valence-corrected chi connectivity index (χ3v) is 3.78. The number of phenols is 1. The Morgan fingerprint density at radius 3 is 2.00 bits per heavy atom. The van der Waals surface area contributed by atoms with Crippen molar-refractivity contribution in [3.8, 4) is 16.9 Å². The van der Waals surface area contributed by atoms with Gasteiger partial charge in [-0.1, -0.05) is 57.2 Å². The van der Waals surface area contributed by atoms with E-state index in [0.29, 0.717) is 5.75 Å². The van der Waals surface area contributed by atoms with Crippen LogP contribution in [0.2, 0.25) is 0 Å². The summed E-state index contributed by atoms with van der Waals surface area (Å²) >= 11 is 0. The van der Waals surface area contributed by atoms with Crippen LogP contribution in [0.25, 0.3) is 11.1 Å². The average molecular weight is 254 g/mol. The zero-order valence-electron chi connectivity index (χ0n) is 12.0. The van der Waals surface area contributed by atoms with E-state index in [9.17, 15) is 5.11 Å². The highest BCUT2D eigenvalue weighted by Gasteiger charge is 2.15. The van der Waals surface area contributed by atoms with E-state index in [1.807, 2.05) is 18.2 Å². The van der Waals surface area contributed by atoms with Gasteiger partial charge >= 0.3 is 0 Å². The number of aromatic hydroxyl groups is 1. The first-order valence-electron chi connectivity index (χ1n) is 7.14. The summed E-state index contributed by atoms with van der Waals surface area (Å²) in [5.41, 5.74) is 5.80.